The normalized spacial score (nSPS) is 13.1. The first kappa shape index (κ1) is 12.5. The molecule has 0 amide bonds. The summed E-state index contributed by atoms with van der Waals surface area (Å²) in [6, 6.07) is 6.16. The average molecular weight is 249 g/mol. The second-order valence-electron chi connectivity index (χ2n) is 4.39. The molecule has 2 aromatic rings. The molecular formula is C13H19N3S. The highest BCUT2D eigenvalue weighted by molar-refractivity contribution is 7.98. The van der Waals surface area contributed by atoms with Crippen LogP contribution in [0.3, 0.4) is 0 Å². The van der Waals surface area contributed by atoms with E-state index in [-0.39, 0.29) is 0 Å². The molecule has 4 heteroatoms. The number of hydrogen-bond acceptors (Lipinski definition) is 3. The van der Waals surface area contributed by atoms with Crippen LogP contribution in [0.2, 0.25) is 0 Å². The topological polar surface area (TPSA) is 29.3 Å². The maximum atomic E-state index is 4.33. The van der Waals surface area contributed by atoms with E-state index in [0.29, 0.717) is 5.92 Å². The van der Waals surface area contributed by atoms with Gasteiger partial charge in [0.25, 0.3) is 0 Å². The lowest BCUT2D eigenvalue weighted by atomic mass is 10.2. The average Bonchev–Trinajstić information content (AvgIpc) is 2.73. The summed E-state index contributed by atoms with van der Waals surface area (Å²) in [5.41, 5.74) is 2.46. The van der Waals surface area contributed by atoms with Gasteiger partial charge in [0.15, 0.2) is 0 Å². The highest BCUT2D eigenvalue weighted by atomic mass is 32.2. The zero-order chi connectivity index (χ0) is 12.1. The van der Waals surface area contributed by atoms with Crippen molar-refractivity contribution >= 4 is 17.3 Å². The molecule has 17 heavy (non-hydrogen) atoms. The molecule has 1 N–H and O–H groups in total. The van der Waals surface area contributed by atoms with Gasteiger partial charge in [-0.1, -0.05) is 13.0 Å². The van der Waals surface area contributed by atoms with E-state index < -0.39 is 0 Å². The minimum Gasteiger partial charge on any atom is -0.312 e. The lowest BCUT2D eigenvalue weighted by Gasteiger charge is -2.10. The van der Waals surface area contributed by atoms with Gasteiger partial charge in [-0.25, -0.2) is 4.52 Å². The van der Waals surface area contributed by atoms with Crippen LogP contribution in [-0.4, -0.2) is 28.2 Å². The third kappa shape index (κ3) is 3.23. The van der Waals surface area contributed by atoms with E-state index >= 15 is 0 Å². The van der Waals surface area contributed by atoms with Crippen LogP contribution in [0.15, 0.2) is 30.6 Å². The molecule has 1 unspecified atom stereocenters. The number of nitrogens with zero attached hydrogens (tertiary/aromatic N) is 2. The van der Waals surface area contributed by atoms with Crippen LogP contribution in [-0.2, 0) is 6.54 Å². The van der Waals surface area contributed by atoms with Crippen LogP contribution in [0.5, 0.6) is 0 Å². The summed E-state index contributed by atoms with van der Waals surface area (Å²) in [7, 11) is 0. The Hall–Kier alpha value is -1.00. The van der Waals surface area contributed by atoms with E-state index in [4.69, 9.17) is 0 Å². The number of aromatic nitrogens is 2. The van der Waals surface area contributed by atoms with E-state index in [0.717, 1.165) is 13.1 Å². The highest BCUT2D eigenvalue weighted by Crippen LogP contribution is 2.10. The number of nitrogens with one attached hydrogen (secondary N) is 1. The Morgan fingerprint density at radius 3 is 3.18 bits per heavy atom. The zero-order valence-electron chi connectivity index (χ0n) is 10.4. The van der Waals surface area contributed by atoms with Crippen molar-refractivity contribution in [3.05, 3.63) is 36.2 Å². The van der Waals surface area contributed by atoms with Crippen molar-refractivity contribution in [1.29, 1.82) is 0 Å². The van der Waals surface area contributed by atoms with Gasteiger partial charge in [0, 0.05) is 18.3 Å². The lowest BCUT2D eigenvalue weighted by molar-refractivity contribution is 0.560. The van der Waals surface area contributed by atoms with Crippen molar-refractivity contribution in [3.8, 4) is 0 Å². The lowest BCUT2D eigenvalue weighted by Crippen LogP contribution is -2.21. The van der Waals surface area contributed by atoms with E-state index in [2.05, 4.69) is 35.7 Å². The molecule has 0 aliphatic carbocycles. The first-order valence-corrected chi connectivity index (χ1v) is 7.31. The van der Waals surface area contributed by atoms with Crippen LogP contribution in [0.1, 0.15) is 12.5 Å². The summed E-state index contributed by atoms with van der Waals surface area (Å²) in [6.07, 6.45) is 6.08. The fourth-order valence-electron chi connectivity index (χ4n) is 1.92. The number of rotatable bonds is 6. The second kappa shape index (κ2) is 6.07. The Kier molecular flexibility index (Phi) is 4.45. The van der Waals surface area contributed by atoms with Gasteiger partial charge in [-0.3, -0.25) is 0 Å². The molecular weight excluding hydrogens is 230 g/mol. The molecule has 92 valence electrons. The molecule has 0 saturated carbocycles. The van der Waals surface area contributed by atoms with Gasteiger partial charge in [0.2, 0.25) is 0 Å². The van der Waals surface area contributed by atoms with E-state index in [1.807, 2.05) is 34.7 Å². The second-order valence-corrected chi connectivity index (χ2v) is 5.30. The predicted octanol–water partition coefficient (Wildman–Crippen LogP) is 2.42. The minimum absolute atomic E-state index is 0.715. The molecule has 0 aromatic carbocycles. The van der Waals surface area contributed by atoms with E-state index in [1.54, 1.807) is 0 Å². The molecule has 1 atom stereocenters. The number of pyridine rings is 1. The number of fused-ring (bicyclic) bond motifs is 1. The summed E-state index contributed by atoms with van der Waals surface area (Å²) >= 11 is 1.90. The highest BCUT2D eigenvalue weighted by Gasteiger charge is 2.04. The summed E-state index contributed by atoms with van der Waals surface area (Å²) in [5.74, 6) is 1.92. The molecule has 0 aliphatic heterocycles. The number of thioether (sulfide) groups is 1. The SMILES string of the molecule is CSCC(C)CNCc1cnn2ccccc12. The van der Waals surface area contributed by atoms with Gasteiger partial charge < -0.3 is 5.32 Å². The molecule has 0 fully saturated rings. The molecule has 3 nitrogen and oxygen atoms in total. The van der Waals surface area contributed by atoms with Crippen molar-refractivity contribution in [2.75, 3.05) is 18.6 Å². The third-order valence-electron chi connectivity index (χ3n) is 2.77. The van der Waals surface area contributed by atoms with Crippen molar-refractivity contribution in [3.63, 3.8) is 0 Å². The Labute approximate surface area is 107 Å². The van der Waals surface area contributed by atoms with Crippen molar-refractivity contribution in [1.82, 2.24) is 14.9 Å². The van der Waals surface area contributed by atoms with Gasteiger partial charge in [-0.2, -0.15) is 16.9 Å². The molecule has 2 aromatic heterocycles. The fourth-order valence-corrected chi connectivity index (χ4v) is 2.61. The molecule has 0 saturated heterocycles. The molecule has 2 heterocycles. The van der Waals surface area contributed by atoms with Crippen LogP contribution in [0, 0.1) is 5.92 Å². The first-order valence-electron chi connectivity index (χ1n) is 5.92. The maximum absolute atomic E-state index is 4.33. The van der Waals surface area contributed by atoms with Crippen molar-refractivity contribution in [2.24, 2.45) is 5.92 Å². The maximum Gasteiger partial charge on any atom is 0.0706 e. The van der Waals surface area contributed by atoms with E-state index in [1.165, 1.54) is 16.8 Å². The Bertz CT molecular complexity index is 466. The van der Waals surface area contributed by atoms with Gasteiger partial charge >= 0.3 is 0 Å². The Balaban J connectivity index is 1.91. The van der Waals surface area contributed by atoms with E-state index in [9.17, 15) is 0 Å². The molecule has 0 spiro atoms. The molecule has 0 aliphatic rings. The van der Waals surface area contributed by atoms with Gasteiger partial charge in [-0.05, 0) is 36.6 Å². The molecule has 2 rings (SSSR count). The molecule has 0 radical (unpaired) electrons. The zero-order valence-corrected chi connectivity index (χ0v) is 11.2. The predicted molar refractivity (Wildman–Crippen MR) is 74.4 cm³/mol. The van der Waals surface area contributed by atoms with Gasteiger partial charge in [0.05, 0.1) is 11.7 Å². The Morgan fingerprint density at radius 1 is 1.47 bits per heavy atom. The summed E-state index contributed by atoms with van der Waals surface area (Å²) in [6.45, 7) is 4.23. The van der Waals surface area contributed by atoms with Crippen molar-refractivity contribution in [2.45, 2.75) is 13.5 Å². The fraction of sp³-hybridized carbons (Fsp3) is 0.462. The standard InChI is InChI=1S/C13H19N3S/c1-11(10-17-2)7-14-8-12-9-15-16-6-4-3-5-13(12)16/h3-6,9,11,14H,7-8,10H2,1-2H3. The van der Waals surface area contributed by atoms with Gasteiger partial charge in [-0.15, -0.1) is 0 Å². The Morgan fingerprint density at radius 2 is 2.35 bits per heavy atom. The summed E-state index contributed by atoms with van der Waals surface area (Å²) in [5, 5.41) is 7.82. The van der Waals surface area contributed by atoms with Crippen LogP contribution < -0.4 is 5.32 Å². The number of hydrogen-bond donors (Lipinski definition) is 1. The van der Waals surface area contributed by atoms with Crippen LogP contribution in [0.25, 0.3) is 5.52 Å². The summed E-state index contributed by atoms with van der Waals surface area (Å²) < 4.78 is 1.92. The third-order valence-corrected chi connectivity index (χ3v) is 3.67. The quantitative estimate of drug-likeness (QED) is 0.852. The minimum atomic E-state index is 0.715. The van der Waals surface area contributed by atoms with Crippen molar-refractivity contribution < 1.29 is 0 Å². The largest absolute Gasteiger partial charge is 0.312 e. The monoisotopic (exact) mass is 249 g/mol. The first-order chi connectivity index (χ1) is 8.31. The van der Waals surface area contributed by atoms with Crippen LogP contribution in [0.4, 0.5) is 0 Å². The smallest absolute Gasteiger partial charge is 0.0706 e. The van der Waals surface area contributed by atoms with Gasteiger partial charge in [0.1, 0.15) is 0 Å². The summed E-state index contributed by atoms with van der Waals surface area (Å²) in [4.78, 5) is 0. The molecule has 0 bridgehead atoms. The van der Waals surface area contributed by atoms with Crippen LogP contribution >= 0.6 is 11.8 Å².